The predicted molar refractivity (Wildman–Crippen MR) is 142 cm³/mol. The molecule has 0 spiro atoms. The molecule has 4 saturated carbocycles. The maximum atomic E-state index is 12.7. The van der Waals surface area contributed by atoms with Crippen LogP contribution in [-0.2, 0) is 0 Å². The minimum atomic E-state index is -0.673. The summed E-state index contributed by atoms with van der Waals surface area (Å²) in [5, 5.41) is 22.3. The van der Waals surface area contributed by atoms with Crippen LogP contribution in [0, 0.1) is 28.6 Å². The van der Waals surface area contributed by atoms with Gasteiger partial charge >= 0.3 is 11.7 Å². The Morgan fingerprint density at radius 3 is 2.59 bits per heavy atom. The number of amides is 2. The number of urea groups is 1. The van der Waals surface area contributed by atoms with Crippen molar-refractivity contribution in [1.82, 2.24) is 16.0 Å². The maximum absolute atomic E-state index is 12.7. The molecule has 0 bridgehead atoms. The van der Waals surface area contributed by atoms with E-state index in [-0.39, 0.29) is 40.5 Å². The number of carbonyl (C=O) groups excluding carboxylic acids is 1. The minimum absolute atomic E-state index is 0.00697. The molecule has 1 saturated heterocycles. The highest BCUT2D eigenvalue weighted by Crippen LogP contribution is 2.70. The molecule has 7 nitrogen and oxygen atoms in total. The highest BCUT2D eigenvalue weighted by molar-refractivity contribution is 5.74. The first kappa shape index (κ1) is 25.4. The summed E-state index contributed by atoms with van der Waals surface area (Å²) in [7, 11) is 0. The SMILES string of the molecule is C[C@]12CC[C@H](NC(=O)N[C@H]3CCCNC3)C[C@H]1CC[C@@H]1[C@@H]2CC[C@]2(C)[C@@H](c3ccc(=O)oc3)CC[C@]12O. The third kappa shape index (κ3) is 4.15. The largest absolute Gasteiger partial charge is 0.431 e. The van der Waals surface area contributed by atoms with Gasteiger partial charge in [-0.05, 0) is 118 Å². The Labute approximate surface area is 220 Å². The van der Waals surface area contributed by atoms with Crippen molar-refractivity contribution in [2.45, 2.75) is 108 Å². The lowest BCUT2D eigenvalue weighted by atomic mass is 9.43. The van der Waals surface area contributed by atoms with Gasteiger partial charge in [-0.25, -0.2) is 9.59 Å². The Balaban J connectivity index is 1.14. The van der Waals surface area contributed by atoms with Crippen molar-refractivity contribution in [3.63, 3.8) is 0 Å². The topological polar surface area (TPSA) is 104 Å². The van der Waals surface area contributed by atoms with Crippen molar-refractivity contribution in [3.05, 3.63) is 34.4 Å². The molecule has 204 valence electrons. The van der Waals surface area contributed by atoms with Crippen LogP contribution >= 0.6 is 0 Å². The van der Waals surface area contributed by atoms with Gasteiger partial charge < -0.3 is 25.5 Å². The van der Waals surface area contributed by atoms with Crippen LogP contribution in [-0.4, -0.2) is 41.9 Å². The van der Waals surface area contributed by atoms with E-state index in [0.717, 1.165) is 89.3 Å². The van der Waals surface area contributed by atoms with Crippen LogP contribution in [0.3, 0.4) is 0 Å². The molecular formula is C30H45N3O4. The smallest absolute Gasteiger partial charge is 0.335 e. The van der Waals surface area contributed by atoms with Crippen LogP contribution < -0.4 is 21.6 Å². The molecular weight excluding hydrogens is 466 g/mol. The molecule has 5 aliphatic rings. The lowest BCUT2D eigenvalue weighted by Crippen LogP contribution is -2.62. The number of fused-ring (bicyclic) bond motifs is 5. The normalized spacial score (nSPS) is 45.3. The Morgan fingerprint density at radius 1 is 1.00 bits per heavy atom. The van der Waals surface area contributed by atoms with Gasteiger partial charge in [0.15, 0.2) is 0 Å². The van der Waals surface area contributed by atoms with Gasteiger partial charge in [0.1, 0.15) is 0 Å². The number of aliphatic hydroxyl groups is 1. The van der Waals surface area contributed by atoms with Crippen LogP contribution in [0.2, 0.25) is 0 Å². The first-order valence-electron chi connectivity index (χ1n) is 14.8. The van der Waals surface area contributed by atoms with Gasteiger partial charge in [-0.1, -0.05) is 13.8 Å². The summed E-state index contributed by atoms with van der Waals surface area (Å²) in [5.74, 6) is 1.67. The van der Waals surface area contributed by atoms with E-state index in [0.29, 0.717) is 17.8 Å². The summed E-state index contributed by atoms with van der Waals surface area (Å²) in [4.78, 5) is 24.3. The lowest BCUT2D eigenvalue weighted by molar-refractivity contribution is -0.201. The average Bonchev–Trinajstić information content (AvgIpc) is 3.16. The minimum Gasteiger partial charge on any atom is -0.431 e. The van der Waals surface area contributed by atoms with Crippen LogP contribution in [0.25, 0.3) is 0 Å². The quantitative estimate of drug-likeness (QED) is 0.485. The Kier molecular flexibility index (Phi) is 6.46. The zero-order valence-corrected chi connectivity index (χ0v) is 22.6. The second kappa shape index (κ2) is 9.41. The third-order valence-corrected chi connectivity index (χ3v) is 11.9. The van der Waals surface area contributed by atoms with Crippen LogP contribution in [0.1, 0.15) is 96.0 Å². The Bertz CT molecular complexity index is 1050. The van der Waals surface area contributed by atoms with Gasteiger partial charge in [0.05, 0.1) is 11.9 Å². The average molecular weight is 512 g/mol. The molecule has 6 rings (SSSR count). The van der Waals surface area contributed by atoms with Gasteiger partial charge in [-0.15, -0.1) is 0 Å². The maximum Gasteiger partial charge on any atom is 0.335 e. The summed E-state index contributed by atoms with van der Waals surface area (Å²) >= 11 is 0. The molecule has 0 unspecified atom stereocenters. The first-order chi connectivity index (χ1) is 17.7. The fourth-order valence-corrected chi connectivity index (χ4v) is 9.85. The molecule has 0 radical (unpaired) electrons. The molecule has 1 aromatic heterocycles. The highest BCUT2D eigenvalue weighted by Gasteiger charge is 2.67. The molecule has 4 aliphatic carbocycles. The summed E-state index contributed by atoms with van der Waals surface area (Å²) in [6.45, 7) is 6.69. The van der Waals surface area contributed by atoms with Crippen LogP contribution in [0.5, 0.6) is 0 Å². The summed E-state index contributed by atoms with van der Waals surface area (Å²) in [5.41, 5.74) is 0.103. The first-order valence-corrected chi connectivity index (χ1v) is 14.8. The number of hydrogen-bond donors (Lipinski definition) is 4. The predicted octanol–water partition coefficient (Wildman–Crippen LogP) is 4.30. The fraction of sp³-hybridized carbons (Fsp3) is 0.800. The summed E-state index contributed by atoms with van der Waals surface area (Å²) in [6.07, 6.45) is 13.1. The van der Waals surface area contributed by atoms with Gasteiger partial charge in [-0.2, -0.15) is 0 Å². The van der Waals surface area contributed by atoms with Crippen molar-refractivity contribution in [3.8, 4) is 0 Å². The Hall–Kier alpha value is -1.86. The van der Waals surface area contributed by atoms with Gasteiger partial charge in [0, 0.05) is 30.1 Å². The number of piperidine rings is 1. The third-order valence-electron chi connectivity index (χ3n) is 11.9. The van der Waals surface area contributed by atoms with Crippen molar-refractivity contribution in [2.24, 2.45) is 28.6 Å². The standard InChI is InChI=1S/C30H45N3O4/c1-28-12-9-21(32-27(35)33-22-4-3-15-31-17-22)16-20(28)6-7-25-24(28)10-13-29(2)23(11-14-30(25,29)36)19-5-8-26(34)37-18-19/h5,8,18,20-25,31,36H,3-4,6-7,9-17H2,1-2H3,(H2,32,33,35)/t20-,21+,22+,23-,24+,25-,28+,29-,30+/m1/s1. The van der Waals surface area contributed by atoms with E-state index in [9.17, 15) is 14.7 Å². The molecule has 2 heterocycles. The molecule has 2 amide bonds. The van der Waals surface area contributed by atoms with Crippen molar-refractivity contribution >= 4 is 6.03 Å². The van der Waals surface area contributed by atoms with E-state index in [4.69, 9.17) is 4.42 Å². The van der Waals surface area contributed by atoms with E-state index < -0.39 is 5.60 Å². The molecule has 1 aliphatic heterocycles. The van der Waals surface area contributed by atoms with Gasteiger partial charge in [0.2, 0.25) is 0 Å². The molecule has 37 heavy (non-hydrogen) atoms. The number of rotatable bonds is 3. The van der Waals surface area contributed by atoms with Gasteiger partial charge in [-0.3, -0.25) is 0 Å². The number of carbonyl (C=O) groups is 1. The number of hydrogen-bond acceptors (Lipinski definition) is 5. The monoisotopic (exact) mass is 511 g/mol. The van der Waals surface area contributed by atoms with Crippen LogP contribution in [0.4, 0.5) is 4.79 Å². The van der Waals surface area contributed by atoms with E-state index in [1.54, 1.807) is 6.26 Å². The molecule has 7 heteroatoms. The molecule has 5 fully saturated rings. The second-order valence-corrected chi connectivity index (χ2v) is 13.5. The molecule has 9 atom stereocenters. The molecule has 1 aromatic rings. The fourth-order valence-electron chi connectivity index (χ4n) is 9.85. The molecule has 4 N–H and O–H groups in total. The van der Waals surface area contributed by atoms with E-state index in [1.807, 2.05) is 6.07 Å². The summed E-state index contributed by atoms with van der Waals surface area (Å²) < 4.78 is 5.23. The van der Waals surface area contributed by atoms with E-state index >= 15 is 0 Å². The zero-order valence-electron chi connectivity index (χ0n) is 22.6. The van der Waals surface area contributed by atoms with Crippen molar-refractivity contribution in [1.29, 1.82) is 0 Å². The van der Waals surface area contributed by atoms with E-state index in [1.165, 1.54) is 6.07 Å². The zero-order chi connectivity index (χ0) is 25.8. The van der Waals surface area contributed by atoms with Crippen molar-refractivity contribution < 1.29 is 14.3 Å². The highest BCUT2D eigenvalue weighted by atomic mass is 16.4. The van der Waals surface area contributed by atoms with Gasteiger partial charge in [0.25, 0.3) is 0 Å². The number of nitrogens with one attached hydrogen (secondary N) is 3. The second-order valence-electron chi connectivity index (χ2n) is 13.5. The molecule has 0 aromatic carbocycles. The summed E-state index contributed by atoms with van der Waals surface area (Å²) in [6, 6.07) is 3.90. The van der Waals surface area contributed by atoms with E-state index in [2.05, 4.69) is 29.8 Å². The van der Waals surface area contributed by atoms with Crippen LogP contribution in [0.15, 0.2) is 27.6 Å². The Morgan fingerprint density at radius 2 is 1.84 bits per heavy atom. The lowest BCUT2D eigenvalue weighted by Gasteiger charge is -2.63. The van der Waals surface area contributed by atoms with Crippen molar-refractivity contribution in [2.75, 3.05) is 13.1 Å².